The molecular formula is C17H12ClF2N5O3. The lowest BCUT2D eigenvalue weighted by Gasteiger charge is -2.18. The molecule has 1 N–H and O–H groups in total. The maximum absolute atomic E-state index is 13.2. The van der Waals surface area contributed by atoms with Crippen LogP contribution in [0.25, 0.3) is 11.3 Å². The molecule has 1 aliphatic heterocycles. The maximum Gasteiger partial charge on any atom is 0.586 e. The Morgan fingerprint density at radius 1 is 1.25 bits per heavy atom. The second kappa shape index (κ2) is 6.71. The molecule has 144 valence electrons. The lowest BCUT2D eigenvalue weighted by Crippen LogP contribution is -2.31. The van der Waals surface area contributed by atoms with Crippen molar-refractivity contribution in [2.45, 2.75) is 13.2 Å². The van der Waals surface area contributed by atoms with E-state index in [9.17, 15) is 13.6 Å². The Labute approximate surface area is 162 Å². The van der Waals surface area contributed by atoms with Gasteiger partial charge in [0.05, 0.1) is 23.1 Å². The van der Waals surface area contributed by atoms with Gasteiger partial charge >= 0.3 is 6.29 Å². The molecule has 0 bridgehead atoms. The van der Waals surface area contributed by atoms with Gasteiger partial charge in [0.2, 0.25) is 0 Å². The molecule has 3 aromatic rings. The number of anilines is 1. The van der Waals surface area contributed by atoms with Gasteiger partial charge in [-0.25, -0.2) is 4.98 Å². The van der Waals surface area contributed by atoms with E-state index in [0.29, 0.717) is 29.3 Å². The number of H-pyrrole nitrogens is 1. The highest BCUT2D eigenvalue weighted by molar-refractivity contribution is 6.33. The van der Waals surface area contributed by atoms with Crippen molar-refractivity contribution in [1.82, 2.24) is 20.2 Å². The molecule has 8 nitrogen and oxygen atoms in total. The van der Waals surface area contributed by atoms with Gasteiger partial charge in [-0.2, -0.15) is 5.10 Å². The van der Waals surface area contributed by atoms with Crippen LogP contribution in [0.15, 0.2) is 36.8 Å². The second-order valence-corrected chi connectivity index (χ2v) is 6.13. The van der Waals surface area contributed by atoms with Gasteiger partial charge in [0, 0.05) is 24.4 Å². The quantitative estimate of drug-likeness (QED) is 0.711. The van der Waals surface area contributed by atoms with Crippen LogP contribution in [0.1, 0.15) is 17.4 Å². The van der Waals surface area contributed by atoms with Gasteiger partial charge in [-0.3, -0.25) is 19.8 Å². The topological polar surface area (TPSA) is 93.2 Å². The molecular weight excluding hydrogens is 396 g/mol. The zero-order valence-corrected chi connectivity index (χ0v) is 15.1. The first kappa shape index (κ1) is 18.1. The van der Waals surface area contributed by atoms with E-state index in [4.69, 9.17) is 11.6 Å². The largest absolute Gasteiger partial charge is 0.586 e. The van der Waals surface area contributed by atoms with Crippen LogP contribution in [0.2, 0.25) is 5.02 Å². The Morgan fingerprint density at radius 2 is 2.00 bits per heavy atom. The number of aromatic nitrogens is 4. The van der Waals surface area contributed by atoms with Gasteiger partial charge in [0.25, 0.3) is 5.91 Å². The summed E-state index contributed by atoms with van der Waals surface area (Å²) in [5.41, 5.74) is 0.969. The van der Waals surface area contributed by atoms with Crippen molar-refractivity contribution < 1.29 is 23.0 Å². The number of alkyl halides is 2. The molecule has 0 fully saturated rings. The molecule has 3 heterocycles. The Balaban J connectivity index is 1.63. The number of ether oxygens (including phenoxy) is 2. The smallest absolute Gasteiger partial charge is 0.395 e. The summed E-state index contributed by atoms with van der Waals surface area (Å²) in [4.78, 5) is 22.4. The van der Waals surface area contributed by atoms with Crippen LogP contribution in [0.3, 0.4) is 0 Å². The Kier molecular flexibility index (Phi) is 4.34. The third-order valence-corrected chi connectivity index (χ3v) is 4.29. The van der Waals surface area contributed by atoms with E-state index >= 15 is 0 Å². The summed E-state index contributed by atoms with van der Waals surface area (Å²) >= 11 is 6.16. The zero-order chi connectivity index (χ0) is 19.9. The van der Waals surface area contributed by atoms with Crippen molar-refractivity contribution in [2.24, 2.45) is 0 Å². The number of carbonyl (C=O) groups excluding carboxylic acids is 1. The van der Waals surface area contributed by atoms with Crippen LogP contribution in [0.4, 0.5) is 14.6 Å². The fourth-order valence-electron chi connectivity index (χ4n) is 2.70. The SMILES string of the molecule is CCN(C(=O)c1ccn[nH]1)c1cnc(-c2cc3c(cc2Cl)OC(F)(F)O3)cn1. The molecule has 0 saturated carbocycles. The van der Waals surface area contributed by atoms with E-state index in [1.165, 1.54) is 35.6 Å². The van der Waals surface area contributed by atoms with Gasteiger partial charge in [0.15, 0.2) is 17.3 Å². The lowest BCUT2D eigenvalue weighted by molar-refractivity contribution is -0.286. The third-order valence-electron chi connectivity index (χ3n) is 3.97. The van der Waals surface area contributed by atoms with Crippen molar-refractivity contribution in [3.8, 4) is 22.8 Å². The molecule has 0 radical (unpaired) electrons. The molecule has 0 atom stereocenters. The fraction of sp³-hybridized carbons (Fsp3) is 0.176. The van der Waals surface area contributed by atoms with E-state index in [-0.39, 0.29) is 22.4 Å². The molecule has 28 heavy (non-hydrogen) atoms. The zero-order valence-electron chi connectivity index (χ0n) is 14.3. The van der Waals surface area contributed by atoms with Gasteiger partial charge in [-0.1, -0.05) is 11.6 Å². The normalized spacial score (nSPS) is 14.1. The molecule has 1 aliphatic rings. The molecule has 1 amide bonds. The number of nitrogens with one attached hydrogen (secondary N) is 1. The van der Waals surface area contributed by atoms with Gasteiger partial charge in [-0.15, -0.1) is 8.78 Å². The van der Waals surface area contributed by atoms with Crippen molar-refractivity contribution in [3.63, 3.8) is 0 Å². The van der Waals surface area contributed by atoms with Crippen LogP contribution >= 0.6 is 11.6 Å². The number of halogens is 3. The Hall–Kier alpha value is -3.27. The number of hydrogen-bond donors (Lipinski definition) is 1. The first-order valence-electron chi connectivity index (χ1n) is 8.11. The molecule has 0 spiro atoms. The van der Waals surface area contributed by atoms with Gasteiger partial charge < -0.3 is 9.47 Å². The minimum absolute atomic E-state index is 0.142. The van der Waals surface area contributed by atoms with E-state index in [1.54, 1.807) is 13.0 Å². The van der Waals surface area contributed by atoms with Crippen LogP contribution < -0.4 is 14.4 Å². The average Bonchev–Trinajstić information content (AvgIpc) is 3.28. The van der Waals surface area contributed by atoms with Crippen LogP contribution in [0, 0.1) is 0 Å². The van der Waals surface area contributed by atoms with E-state index in [2.05, 4.69) is 29.6 Å². The number of aromatic amines is 1. The minimum Gasteiger partial charge on any atom is -0.395 e. The Morgan fingerprint density at radius 3 is 2.61 bits per heavy atom. The van der Waals surface area contributed by atoms with E-state index < -0.39 is 6.29 Å². The lowest BCUT2D eigenvalue weighted by atomic mass is 10.1. The van der Waals surface area contributed by atoms with Gasteiger partial charge in [-0.05, 0) is 19.1 Å². The predicted octanol–water partition coefficient (Wildman–Crippen LogP) is 3.51. The summed E-state index contributed by atoms with van der Waals surface area (Å²) in [6, 6.07) is 4.08. The van der Waals surface area contributed by atoms with Crippen molar-refractivity contribution in [2.75, 3.05) is 11.4 Å². The first-order chi connectivity index (χ1) is 13.4. The predicted molar refractivity (Wildman–Crippen MR) is 94.6 cm³/mol. The monoisotopic (exact) mass is 407 g/mol. The highest BCUT2D eigenvalue weighted by atomic mass is 35.5. The fourth-order valence-corrected chi connectivity index (χ4v) is 2.95. The van der Waals surface area contributed by atoms with Crippen molar-refractivity contribution >= 4 is 23.3 Å². The standard InChI is InChI=1S/C17H12ClF2N5O3/c1-2-25(16(26)11-3-4-23-24-11)15-8-21-12(7-22-15)9-5-13-14(6-10(9)18)28-17(19,20)27-13/h3-8H,2H2,1H3,(H,23,24). The van der Waals surface area contributed by atoms with E-state index in [1.807, 2.05) is 0 Å². The maximum atomic E-state index is 13.2. The van der Waals surface area contributed by atoms with Crippen LogP contribution in [0.5, 0.6) is 11.5 Å². The number of benzene rings is 1. The second-order valence-electron chi connectivity index (χ2n) is 5.73. The van der Waals surface area contributed by atoms with E-state index in [0.717, 1.165) is 0 Å². The first-order valence-corrected chi connectivity index (χ1v) is 8.49. The molecule has 4 rings (SSSR count). The number of carbonyl (C=O) groups is 1. The number of rotatable bonds is 4. The Bertz CT molecular complexity index is 1030. The average molecular weight is 408 g/mol. The van der Waals surface area contributed by atoms with Crippen molar-refractivity contribution in [1.29, 1.82) is 0 Å². The minimum atomic E-state index is -3.74. The number of fused-ring (bicyclic) bond motifs is 1. The molecule has 0 unspecified atom stereocenters. The number of hydrogen-bond acceptors (Lipinski definition) is 6. The summed E-state index contributed by atoms with van der Waals surface area (Å²) in [7, 11) is 0. The molecule has 11 heteroatoms. The highest BCUT2D eigenvalue weighted by Gasteiger charge is 2.44. The molecule has 0 saturated heterocycles. The summed E-state index contributed by atoms with van der Waals surface area (Å²) in [5, 5.41) is 6.50. The van der Waals surface area contributed by atoms with Crippen molar-refractivity contribution in [3.05, 3.63) is 47.5 Å². The van der Waals surface area contributed by atoms with Gasteiger partial charge in [0.1, 0.15) is 5.69 Å². The highest BCUT2D eigenvalue weighted by Crippen LogP contribution is 2.45. The number of nitrogens with zero attached hydrogens (tertiary/aromatic N) is 4. The number of amides is 1. The summed E-state index contributed by atoms with van der Waals surface area (Å²) in [5.74, 6) is -0.315. The summed E-state index contributed by atoms with van der Waals surface area (Å²) < 4.78 is 35.2. The summed E-state index contributed by atoms with van der Waals surface area (Å²) in [6.45, 7) is 2.14. The van der Waals surface area contributed by atoms with Crippen LogP contribution in [-0.4, -0.2) is 38.9 Å². The van der Waals surface area contributed by atoms with Crippen LogP contribution in [-0.2, 0) is 0 Å². The summed E-state index contributed by atoms with van der Waals surface area (Å²) in [6.07, 6.45) is 0.512. The third kappa shape index (κ3) is 3.22. The molecule has 2 aromatic heterocycles. The molecule has 1 aromatic carbocycles. The molecule has 0 aliphatic carbocycles.